The first-order valence-corrected chi connectivity index (χ1v) is 6.29. The van der Waals surface area contributed by atoms with Crippen LogP contribution in [0.15, 0.2) is 30.7 Å². The zero-order valence-electron chi connectivity index (χ0n) is 10.7. The van der Waals surface area contributed by atoms with Crippen molar-refractivity contribution in [1.82, 2.24) is 19.7 Å². The molecule has 1 fully saturated rings. The highest BCUT2D eigenvalue weighted by atomic mass is 19.1. The number of nitrogens with zero attached hydrogens (tertiary/aromatic N) is 4. The molecule has 0 aliphatic carbocycles. The van der Waals surface area contributed by atoms with Gasteiger partial charge in [0.25, 0.3) is 0 Å². The molecule has 2 aromatic rings. The van der Waals surface area contributed by atoms with E-state index in [0.717, 1.165) is 18.3 Å². The average molecular weight is 275 g/mol. The molecule has 3 heterocycles. The van der Waals surface area contributed by atoms with E-state index in [9.17, 15) is 9.18 Å². The summed E-state index contributed by atoms with van der Waals surface area (Å²) in [5, 5.41) is 3.85. The summed E-state index contributed by atoms with van der Waals surface area (Å²) in [7, 11) is 0. The number of hydrogen-bond acceptors (Lipinski definition) is 4. The fourth-order valence-electron chi connectivity index (χ4n) is 2.21. The fourth-order valence-corrected chi connectivity index (χ4v) is 2.21. The average Bonchev–Trinajstić information content (AvgIpc) is 2.80. The number of hydrogen-bond donors (Lipinski definition) is 1. The van der Waals surface area contributed by atoms with Crippen molar-refractivity contribution in [3.05, 3.63) is 42.1 Å². The Labute approximate surface area is 115 Å². The lowest BCUT2D eigenvalue weighted by Crippen LogP contribution is -2.51. The Morgan fingerprint density at radius 2 is 2.20 bits per heavy atom. The second kappa shape index (κ2) is 5.01. The maximum atomic E-state index is 12.9. The second-order valence-corrected chi connectivity index (χ2v) is 4.92. The molecule has 0 bridgehead atoms. The smallest absolute Gasteiger partial charge is 0.223 e. The van der Waals surface area contributed by atoms with Crippen molar-refractivity contribution >= 4 is 5.91 Å². The number of rotatable bonds is 4. The molecule has 3 rings (SSSR count). The molecule has 1 aliphatic heterocycles. The van der Waals surface area contributed by atoms with E-state index in [1.165, 1.54) is 10.9 Å². The molecule has 20 heavy (non-hydrogen) atoms. The van der Waals surface area contributed by atoms with Gasteiger partial charge in [0, 0.05) is 25.8 Å². The van der Waals surface area contributed by atoms with Crippen LogP contribution in [0.25, 0.3) is 5.82 Å². The van der Waals surface area contributed by atoms with Crippen molar-refractivity contribution in [3.63, 3.8) is 0 Å². The van der Waals surface area contributed by atoms with Crippen molar-refractivity contribution in [1.29, 1.82) is 0 Å². The van der Waals surface area contributed by atoms with Gasteiger partial charge in [-0.3, -0.25) is 9.69 Å². The zero-order chi connectivity index (χ0) is 14.1. The number of halogens is 1. The molecule has 0 radical (unpaired) electrons. The van der Waals surface area contributed by atoms with Crippen molar-refractivity contribution < 1.29 is 9.18 Å². The van der Waals surface area contributed by atoms with Gasteiger partial charge >= 0.3 is 0 Å². The number of primary amides is 1. The second-order valence-electron chi connectivity index (χ2n) is 4.92. The third-order valence-electron chi connectivity index (χ3n) is 3.36. The number of aromatic nitrogens is 3. The highest BCUT2D eigenvalue weighted by molar-refractivity contribution is 5.78. The van der Waals surface area contributed by atoms with Crippen molar-refractivity contribution in [2.75, 3.05) is 13.1 Å². The summed E-state index contributed by atoms with van der Waals surface area (Å²) in [5.74, 6) is -0.102. The van der Waals surface area contributed by atoms with Gasteiger partial charge < -0.3 is 5.73 Å². The third-order valence-corrected chi connectivity index (χ3v) is 3.36. The van der Waals surface area contributed by atoms with Crippen LogP contribution < -0.4 is 5.73 Å². The van der Waals surface area contributed by atoms with Crippen LogP contribution in [0.1, 0.15) is 5.56 Å². The molecule has 0 saturated carbocycles. The first kappa shape index (κ1) is 12.7. The lowest BCUT2D eigenvalue weighted by atomic mass is 9.99. The quantitative estimate of drug-likeness (QED) is 0.872. The Kier molecular flexibility index (Phi) is 3.19. The summed E-state index contributed by atoms with van der Waals surface area (Å²) in [4.78, 5) is 17.3. The van der Waals surface area contributed by atoms with Gasteiger partial charge in [-0.25, -0.2) is 14.1 Å². The summed E-state index contributed by atoms with van der Waals surface area (Å²) in [6.45, 7) is 2.12. The first-order valence-electron chi connectivity index (χ1n) is 6.29. The lowest BCUT2D eigenvalue weighted by Gasteiger charge is -2.37. The predicted molar refractivity (Wildman–Crippen MR) is 69.3 cm³/mol. The number of likely N-dealkylation sites (tertiary alicyclic amines) is 1. The molecule has 0 atom stereocenters. The van der Waals surface area contributed by atoms with Crippen molar-refractivity contribution in [3.8, 4) is 5.82 Å². The Balaban J connectivity index is 1.61. The van der Waals surface area contributed by atoms with Gasteiger partial charge in [0.2, 0.25) is 5.91 Å². The predicted octanol–water partition coefficient (Wildman–Crippen LogP) is 0.323. The minimum absolute atomic E-state index is 0.0331. The minimum Gasteiger partial charge on any atom is -0.369 e. The van der Waals surface area contributed by atoms with E-state index in [0.29, 0.717) is 18.9 Å². The van der Waals surface area contributed by atoms with Crippen LogP contribution >= 0.6 is 0 Å². The van der Waals surface area contributed by atoms with Crippen LogP contribution in [0.3, 0.4) is 0 Å². The third kappa shape index (κ3) is 2.53. The minimum atomic E-state index is -0.394. The lowest BCUT2D eigenvalue weighted by molar-refractivity contribution is -0.127. The molecule has 7 heteroatoms. The van der Waals surface area contributed by atoms with Gasteiger partial charge in [-0.15, -0.1) is 0 Å². The molecule has 6 nitrogen and oxygen atoms in total. The molecule has 0 unspecified atom stereocenters. The molecule has 1 aliphatic rings. The Morgan fingerprint density at radius 3 is 2.75 bits per heavy atom. The summed E-state index contributed by atoms with van der Waals surface area (Å²) in [5.41, 5.74) is 6.25. The standard InChI is InChI=1S/C13H14FN5O/c14-11-4-17-19(8-11)12-2-1-9(3-16-12)5-18-6-10(7-18)13(15)20/h1-4,8,10H,5-7H2,(H2,15,20). The Hall–Kier alpha value is -2.28. The van der Waals surface area contributed by atoms with Gasteiger partial charge in [-0.2, -0.15) is 5.10 Å². The molecular formula is C13H14FN5O. The van der Waals surface area contributed by atoms with Crippen LogP contribution in [0, 0.1) is 11.7 Å². The number of carbonyl (C=O) groups is 1. The number of carbonyl (C=O) groups excluding carboxylic acids is 1. The molecule has 0 aromatic carbocycles. The highest BCUT2D eigenvalue weighted by Gasteiger charge is 2.30. The Bertz CT molecular complexity index is 618. The molecule has 104 valence electrons. The largest absolute Gasteiger partial charge is 0.369 e. The van der Waals surface area contributed by atoms with E-state index in [4.69, 9.17) is 5.73 Å². The highest BCUT2D eigenvalue weighted by Crippen LogP contribution is 2.18. The van der Waals surface area contributed by atoms with E-state index in [1.807, 2.05) is 6.07 Å². The van der Waals surface area contributed by atoms with Gasteiger partial charge in [0.05, 0.1) is 18.3 Å². The van der Waals surface area contributed by atoms with Crippen LogP contribution in [0.4, 0.5) is 4.39 Å². The van der Waals surface area contributed by atoms with E-state index >= 15 is 0 Å². The van der Waals surface area contributed by atoms with Gasteiger partial charge in [-0.1, -0.05) is 6.07 Å². The maximum Gasteiger partial charge on any atom is 0.223 e. The molecular weight excluding hydrogens is 261 g/mol. The molecule has 0 spiro atoms. The van der Waals surface area contributed by atoms with Crippen molar-refractivity contribution in [2.45, 2.75) is 6.54 Å². The maximum absolute atomic E-state index is 12.9. The van der Waals surface area contributed by atoms with E-state index < -0.39 is 5.82 Å². The van der Waals surface area contributed by atoms with Gasteiger partial charge in [-0.05, 0) is 11.6 Å². The van der Waals surface area contributed by atoms with Crippen LogP contribution in [-0.4, -0.2) is 38.7 Å². The summed E-state index contributed by atoms with van der Waals surface area (Å²) in [6, 6.07) is 3.70. The van der Waals surface area contributed by atoms with Crippen LogP contribution in [0.2, 0.25) is 0 Å². The number of pyridine rings is 1. The van der Waals surface area contributed by atoms with Crippen LogP contribution in [-0.2, 0) is 11.3 Å². The van der Waals surface area contributed by atoms with Crippen molar-refractivity contribution in [2.24, 2.45) is 11.7 Å². The topological polar surface area (TPSA) is 77.0 Å². The van der Waals surface area contributed by atoms with E-state index in [-0.39, 0.29) is 11.8 Å². The monoisotopic (exact) mass is 275 g/mol. The molecule has 2 aromatic heterocycles. The SMILES string of the molecule is NC(=O)C1CN(Cc2ccc(-n3cc(F)cn3)nc2)C1. The summed E-state index contributed by atoms with van der Waals surface area (Å²) >= 11 is 0. The van der Waals surface area contributed by atoms with Gasteiger partial charge in [0.1, 0.15) is 0 Å². The molecule has 1 amide bonds. The molecule has 1 saturated heterocycles. The van der Waals surface area contributed by atoms with Gasteiger partial charge in [0.15, 0.2) is 11.6 Å². The normalized spacial score (nSPS) is 16.1. The first-order chi connectivity index (χ1) is 9.61. The number of nitrogens with two attached hydrogens (primary N) is 1. The Morgan fingerprint density at radius 1 is 1.40 bits per heavy atom. The summed E-state index contributed by atoms with van der Waals surface area (Å²) in [6.07, 6.45) is 4.14. The molecule has 2 N–H and O–H groups in total. The fraction of sp³-hybridized carbons (Fsp3) is 0.308. The zero-order valence-corrected chi connectivity index (χ0v) is 10.7. The van der Waals surface area contributed by atoms with Crippen LogP contribution in [0.5, 0.6) is 0 Å². The summed E-state index contributed by atoms with van der Waals surface area (Å²) < 4.78 is 14.2. The van der Waals surface area contributed by atoms with E-state index in [1.54, 1.807) is 12.3 Å². The van der Waals surface area contributed by atoms with E-state index in [2.05, 4.69) is 15.0 Å². The number of amides is 1.